The van der Waals surface area contributed by atoms with E-state index in [9.17, 15) is 8.78 Å². The van der Waals surface area contributed by atoms with Gasteiger partial charge in [-0.1, -0.05) is 30.3 Å². The molecule has 6 heteroatoms. The first-order chi connectivity index (χ1) is 16.8. The lowest BCUT2D eigenvalue weighted by Crippen LogP contribution is -2.47. The lowest BCUT2D eigenvalue weighted by atomic mass is 9.87. The average Bonchev–Trinajstić information content (AvgIpc) is 3.43. The number of hydrogen-bond acceptors (Lipinski definition) is 3. The molecule has 2 aliphatic heterocycles. The molecule has 35 heavy (non-hydrogen) atoms. The van der Waals surface area contributed by atoms with Gasteiger partial charge in [-0.3, -0.25) is 9.29 Å². The maximum absolute atomic E-state index is 14.9. The molecular formula is C29H37F2N3O. The van der Waals surface area contributed by atoms with Crippen molar-refractivity contribution in [1.29, 1.82) is 0 Å². The van der Waals surface area contributed by atoms with Crippen molar-refractivity contribution in [3.63, 3.8) is 0 Å². The number of H-pyrrole nitrogens is 1. The van der Waals surface area contributed by atoms with E-state index in [-0.39, 0.29) is 30.7 Å². The second kappa shape index (κ2) is 9.90. The fourth-order valence-electron chi connectivity index (χ4n) is 5.94. The van der Waals surface area contributed by atoms with Crippen LogP contribution in [0.15, 0.2) is 48.5 Å². The summed E-state index contributed by atoms with van der Waals surface area (Å²) in [5.74, 6) is 0.909. The van der Waals surface area contributed by atoms with Crippen LogP contribution in [0.3, 0.4) is 0 Å². The lowest BCUT2D eigenvalue weighted by molar-refractivity contribution is 0.0667. The first-order valence-electron chi connectivity index (χ1n) is 12.9. The van der Waals surface area contributed by atoms with Gasteiger partial charge in [-0.2, -0.15) is 0 Å². The van der Waals surface area contributed by atoms with Crippen LogP contribution in [0.1, 0.15) is 56.5 Å². The highest BCUT2D eigenvalue weighted by atomic mass is 19.1. The van der Waals surface area contributed by atoms with Gasteiger partial charge < -0.3 is 15.0 Å². The number of nitrogens with one attached hydrogen (secondary N) is 2. The zero-order valence-electron chi connectivity index (χ0n) is 21.0. The second-order valence-corrected chi connectivity index (χ2v) is 10.9. The predicted octanol–water partition coefficient (Wildman–Crippen LogP) is 5.97. The molecule has 1 fully saturated rings. The predicted molar refractivity (Wildman–Crippen MR) is 138 cm³/mol. The van der Waals surface area contributed by atoms with E-state index in [0.29, 0.717) is 13.2 Å². The summed E-state index contributed by atoms with van der Waals surface area (Å²) in [6, 6.07) is 17.0. The average molecular weight is 482 g/mol. The number of aromatic amines is 1. The Morgan fingerprint density at radius 2 is 1.89 bits per heavy atom. The van der Waals surface area contributed by atoms with Crippen molar-refractivity contribution < 1.29 is 13.5 Å². The zero-order chi connectivity index (χ0) is 24.6. The van der Waals surface area contributed by atoms with Gasteiger partial charge in [0.05, 0.1) is 19.3 Å². The van der Waals surface area contributed by atoms with Crippen LogP contribution in [-0.4, -0.2) is 54.0 Å². The van der Waals surface area contributed by atoms with Crippen molar-refractivity contribution in [2.45, 2.75) is 63.8 Å². The number of para-hydroxylation sites is 1. The van der Waals surface area contributed by atoms with Gasteiger partial charge in [0.1, 0.15) is 11.4 Å². The largest absolute Gasteiger partial charge is 0.494 e. The van der Waals surface area contributed by atoms with Crippen molar-refractivity contribution >= 4 is 10.9 Å². The maximum atomic E-state index is 14.9. The molecule has 2 aliphatic rings. The molecular weight excluding hydrogens is 444 g/mol. The van der Waals surface area contributed by atoms with E-state index in [1.807, 2.05) is 18.2 Å². The monoisotopic (exact) mass is 481 g/mol. The number of alkyl halides is 2. The van der Waals surface area contributed by atoms with Crippen molar-refractivity contribution in [3.05, 3.63) is 65.4 Å². The third kappa shape index (κ3) is 5.10. The van der Waals surface area contributed by atoms with Gasteiger partial charge in [0.15, 0.2) is 0 Å². The molecule has 3 aromatic rings. The van der Waals surface area contributed by atoms with Crippen molar-refractivity contribution in [2.75, 3.05) is 26.4 Å². The topological polar surface area (TPSA) is 40.3 Å². The first-order valence-corrected chi connectivity index (χ1v) is 12.9. The van der Waals surface area contributed by atoms with Gasteiger partial charge in [0.2, 0.25) is 0 Å². The summed E-state index contributed by atoms with van der Waals surface area (Å²) in [6.45, 7) is 7.03. The fourth-order valence-corrected chi connectivity index (χ4v) is 5.94. The van der Waals surface area contributed by atoms with E-state index in [4.69, 9.17) is 4.74 Å². The quantitative estimate of drug-likeness (QED) is 0.417. The number of ether oxygens (including phenoxy) is 1. The van der Waals surface area contributed by atoms with E-state index < -0.39 is 5.67 Å². The van der Waals surface area contributed by atoms with Gasteiger partial charge in [-0.15, -0.1) is 0 Å². The molecule has 0 spiro atoms. The summed E-state index contributed by atoms with van der Waals surface area (Å²) in [6.07, 6.45) is 2.59. The standard InChI is InChI=1S/C29H37F2N3O/c1-19-16-24-23-6-4-5-7-26(23)33-27(24)28(34(19)18-29(2,3)31)20-8-10-22(11-9-20)35-15-13-25-21(17-30)12-14-32-25/h4-11,19,21,25,28,32-33H,12-18H2,1-3H3/t19-,21+,25?,28-/m1/s1. The van der Waals surface area contributed by atoms with Crippen LogP contribution >= 0.6 is 0 Å². The summed E-state index contributed by atoms with van der Waals surface area (Å²) in [5, 5.41) is 4.64. The molecule has 0 amide bonds. The van der Waals surface area contributed by atoms with Crippen LogP contribution in [0, 0.1) is 5.92 Å². The minimum atomic E-state index is -1.30. The summed E-state index contributed by atoms with van der Waals surface area (Å²) in [7, 11) is 0. The van der Waals surface area contributed by atoms with Gasteiger partial charge in [0.25, 0.3) is 0 Å². The molecule has 0 bridgehead atoms. The minimum Gasteiger partial charge on any atom is -0.494 e. The number of nitrogens with zero attached hydrogens (tertiary/aromatic N) is 1. The number of hydrogen-bond donors (Lipinski definition) is 2. The van der Waals surface area contributed by atoms with Crippen LogP contribution in [0.4, 0.5) is 8.78 Å². The number of aromatic nitrogens is 1. The molecule has 0 radical (unpaired) electrons. The number of halogens is 2. The van der Waals surface area contributed by atoms with E-state index in [1.165, 1.54) is 10.9 Å². The van der Waals surface area contributed by atoms with Crippen LogP contribution in [0.25, 0.3) is 10.9 Å². The van der Waals surface area contributed by atoms with Crippen molar-refractivity contribution in [1.82, 2.24) is 15.2 Å². The number of fused-ring (bicyclic) bond motifs is 3. The fraction of sp³-hybridized carbons (Fsp3) is 0.517. The molecule has 4 atom stereocenters. The number of benzene rings is 2. The Labute approximate surface area is 207 Å². The Balaban J connectivity index is 1.39. The molecule has 5 rings (SSSR count). The van der Waals surface area contributed by atoms with E-state index in [2.05, 4.69) is 52.5 Å². The third-order valence-electron chi connectivity index (χ3n) is 7.66. The van der Waals surface area contributed by atoms with Gasteiger partial charge >= 0.3 is 0 Å². The molecule has 2 aromatic carbocycles. The SMILES string of the molecule is C[C@@H]1Cc2c([nH]c3ccccc23)[C@@H](c2ccc(OCCC3NCC[C@H]3CF)cc2)N1CC(C)(C)F. The highest BCUT2D eigenvalue weighted by molar-refractivity contribution is 5.85. The Hall–Kier alpha value is -2.44. The second-order valence-electron chi connectivity index (χ2n) is 10.9. The van der Waals surface area contributed by atoms with E-state index >= 15 is 0 Å². The summed E-state index contributed by atoms with van der Waals surface area (Å²) < 4.78 is 34.1. The molecule has 2 N–H and O–H groups in total. The maximum Gasteiger partial charge on any atom is 0.119 e. The van der Waals surface area contributed by atoms with Gasteiger partial charge in [-0.05, 0) is 75.9 Å². The van der Waals surface area contributed by atoms with Crippen molar-refractivity contribution in [2.24, 2.45) is 5.92 Å². The summed E-state index contributed by atoms with van der Waals surface area (Å²) in [5.41, 5.74) is 3.44. The molecule has 1 unspecified atom stereocenters. The smallest absolute Gasteiger partial charge is 0.119 e. The highest BCUT2D eigenvalue weighted by Crippen LogP contribution is 2.42. The van der Waals surface area contributed by atoms with Gasteiger partial charge in [0, 0.05) is 41.1 Å². The first kappa shape index (κ1) is 24.3. The Morgan fingerprint density at radius 3 is 2.63 bits per heavy atom. The summed E-state index contributed by atoms with van der Waals surface area (Å²) >= 11 is 0. The van der Waals surface area contributed by atoms with Crippen LogP contribution < -0.4 is 10.1 Å². The third-order valence-corrected chi connectivity index (χ3v) is 7.66. The van der Waals surface area contributed by atoms with E-state index in [0.717, 1.165) is 48.3 Å². The lowest BCUT2D eigenvalue weighted by Gasteiger charge is -2.43. The Bertz CT molecular complexity index is 1140. The Kier molecular flexibility index (Phi) is 6.86. The molecule has 0 aliphatic carbocycles. The highest BCUT2D eigenvalue weighted by Gasteiger charge is 2.38. The molecule has 4 nitrogen and oxygen atoms in total. The minimum absolute atomic E-state index is 0.0572. The molecule has 0 saturated carbocycles. The molecule has 1 saturated heterocycles. The normalized spacial score (nSPS) is 25.2. The summed E-state index contributed by atoms with van der Waals surface area (Å²) in [4.78, 5) is 5.95. The molecule has 188 valence electrons. The van der Waals surface area contributed by atoms with Gasteiger partial charge in [-0.25, -0.2) is 4.39 Å². The van der Waals surface area contributed by atoms with Crippen LogP contribution in [-0.2, 0) is 6.42 Å². The molecule has 1 aromatic heterocycles. The zero-order valence-corrected chi connectivity index (χ0v) is 21.0. The van der Waals surface area contributed by atoms with E-state index in [1.54, 1.807) is 13.8 Å². The molecule has 3 heterocycles. The van der Waals surface area contributed by atoms with Crippen LogP contribution in [0.5, 0.6) is 5.75 Å². The number of rotatable bonds is 8. The van der Waals surface area contributed by atoms with Crippen molar-refractivity contribution in [3.8, 4) is 5.75 Å². The Morgan fingerprint density at radius 1 is 1.11 bits per heavy atom. The van der Waals surface area contributed by atoms with Crippen LogP contribution in [0.2, 0.25) is 0 Å².